The molecule has 1 aliphatic heterocycles. The molecular formula is C16H27N3OS. The average Bonchev–Trinajstić information content (AvgIpc) is 2.90. The minimum absolute atomic E-state index is 0.127. The van der Waals surface area contributed by atoms with Gasteiger partial charge in [-0.1, -0.05) is 0 Å². The van der Waals surface area contributed by atoms with Crippen molar-refractivity contribution < 1.29 is 4.79 Å². The van der Waals surface area contributed by atoms with E-state index in [1.807, 2.05) is 20.8 Å². The topological polar surface area (TPSA) is 35.6 Å². The standard InChI is InChI=1S/C16H27N3OS/c1-13(14-5-10-21-12-14)19-8-6-18(7-9-19)11-15(20)17-16(2,3)4/h5,10,12-13H,6-9,11H2,1-4H3,(H,17,20). The SMILES string of the molecule is CC(c1ccsc1)N1CCN(CC(=O)NC(C)(C)C)CC1. The zero-order valence-corrected chi connectivity index (χ0v) is 14.4. The molecule has 1 N–H and O–H groups in total. The number of nitrogens with zero attached hydrogens (tertiary/aromatic N) is 2. The zero-order chi connectivity index (χ0) is 15.5. The third-order valence-corrected chi connectivity index (χ3v) is 4.56. The molecule has 1 fully saturated rings. The van der Waals surface area contributed by atoms with Crippen LogP contribution in [-0.2, 0) is 4.79 Å². The van der Waals surface area contributed by atoms with Gasteiger partial charge in [-0.2, -0.15) is 11.3 Å². The normalized spacial score (nSPS) is 19.4. The molecule has 4 nitrogen and oxygen atoms in total. The lowest BCUT2D eigenvalue weighted by atomic mass is 10.1. The van der Waals surface area contributed by atoms with Crippen LogP contribution in [0, 0.1) is 0 Å². The van der Waals surface area contributed by atoms with Crippen molar-refractivity contribution in [3.63, 3.8) is 0 Å². The molecule has 1 aliphatic rings. The summed E-state index contributed by atoms with van der Waals surface area (Å²) in [6, 6.07) is 2.68. The molecule has 5 heteroatoms. The fourth-order valence-corrected chi connectivity index (χ4v) is 3.44. The first-order valence-electron chi connectivity index (χ1n) is 7.65. The Kier molecular flexibility index (Phi) is 5.41. The number of rotatable bonds is 4. The van der Waals surface area contributed by atoms with Crippen LogP contribution >= 0.6 is 11.3 Å². The van der Waals surface area contributed by atoms with E-state index in [2.05, 4.69) is 38.9 Å². The first-order chi connectivity index (χ1) is 9.85. The quantitative estimate of drug-likeness (QED) is 0.927. The minimum atomic E-state index is -0.146. The van der Waals surface area contributed by atoms with E-state index in [0.29, 0.717) is 12.6 Å². The van der Waals surface area contributed by atoms with Crippen LogP contribution in [0.2, 0.25) is 0 Å². The number of carbonyl (C=O) groups is 1. The van der Waals surface area contributed by atoms with Crippen molar-refractivity contribution in [2.75, 3.05) is 32.7 Å². The first kappa shape index (κ1) is 16.5. The van der Waals surface area contributed by atoms with Crippen LogP contribution in [0.15, 0.2) is 16.8 Å². The zero-order valence-electron chi connectivity index (χ0n) is 13.6. The summed E-state index contributed by atoms with van der Waals surface area (Å²) in [5.41, 5.74) is 1.26. The molecule has 1 aromatic heterocycles. The Morgan fingerprint density at radius 1 is 1.33 bits per heavy atom. The maximum absolute atomic E-state index is 12.0. The second kappa shape index (κ2) is 6.90. The number of hydrogen-bond donors (Lipinski definition) is 1. The van der Waals surface area contributed by atoms with Gasteiger partial charge in [0.05, 0.1) is 6.54 Å². The minimum Gasteiger partial charge on any atom is -0.350 e. The Morgan fingerprint density at radius 2 is 2.00 bits per heavy atom. The summed E-state index contributed by atoms with van der Waals surface area (Å²) >= 11 is 1.76. The molecule has 0 aliphatic carbocycles. The maximum atomic E-state index is 12.0. The highest BCUT2D eigenvalue weighted by molar-refractivity contribution is 7.07. The molecule has 118 valence electrons. The average molecular weight is 309 g/mol. The molecule has 21 heavy (non-hydrogen) atoms. The molecule has 1 amide bonds. The number of thiophene rings is 1. The molecule has 0 bridgehead atoms. The molecule has 0 saturated carbocycles. The van der Waals surface area contributed by atoms with Gasteiger partial charge in [0.25, 0.3) is 0 Å². The number of amides is 1. The summed E-state index contributed by atoms with van der Waals surface area (Å²) in [5, 5.41) is 7.40. The first-order valence-corrected chi connectivity index (χ1v) is 8.59. The van der Waals surface area contributed by atoms with Gasteiger partial charge < -0.3 is 5.32 Å². The Hall–Kier alpha value is -0.910. The molecular weight excluding hydrogens is 282 g/mol. The van der Waals surface area contributed by atoms with Crippen molar-refractivity contribution >= 4 is 17.2 Å². The Labute approximate surface area is 132 Å². The van der Waals surface area contributed by atoms with Gasteiger partial charge in [-0.05, 0) is 50.1 Å². The van der Waals surface area contributed by atoms with Gasteiger partial charge in [0.15, 0.2) is 0 Å². The van der Waals surface area contributed by atoms with Crippen LogP contribution in [-0.4, -0.2) is 54.0 Å². The predicted molar refractivity (Wildman–Crippen MR) is 88.6 cm³/mol. The van der Waals surface area contributed by atoms with Gasteiger partial charge in [-0.25, -0.2) is 0 Å². The maximum Gasteiger partial charge on any atom is 0.234 e. The molecule has 0 spiro atoms. The second-order valence-corrected chi connectivity index (χ2v) is 7.62. The lowest BCUT2D eigenvalue weighted by molar-refractivity contribution is -0.124. The third-order valence-electron chi connectivity index (χ3n) is 3.86. The summed E-state index contributed by atoms with van der Waals surface area (Å²) in [4.78, 5) is 16.7. The van der Waals surface area contributed by atoms with Gasteiger partial charge in [0.2, 0.25) is 5.91 Å². The largest absolute Gasteiger partial charge is 0.350 e. The lowest BCUT2D eigenvalue weighted by Gasteiger charge is -2.38. The summed E-state index contributed by atoms with van der Waals surface area (Å²) in [5.74, 6) is 0.127. The summed E-state index contributed by atoms with van der Waals surface area (Å²) in [6.45, 7) is 12.8. The van der Waals surface area contributed by atoms with Crippen LogP contribution < -0.4 is 5.32 Å². The molecule has 1 aromatic rings. The monoisotopic (exact) mass is 309 g/mol. The van der Waals surface area contributed by atoms with E-state index in [1.165, 1.54) is 5.56 Å². The highest BCUT2D eigenvalue weighted by Crippen LogP contribution is 2.23. The van der Waals surface area contributed by atoms with Crippen LogP contribution in [0.5, 0.6) is 0 Å². The fraction of sp³-hybridized carbons (Fsp3) is 0.688. The van der Waals surface area contributed by atoms with Gasteiger partial charge in [0.1, 0.15) is 0 Å². The smallest absolute Gasteiger partial charge is 0.234 e. The van der Waals surface area contributed by atoms with E-state index in [-0.39, 0.29) is 11.4 Å². The van der Waals surface area contributed by atoms with Crippen LogP contribution in [0.1, 0.15) is 39.3 Å². The van der Waals surface area contributed by atoms with Gasteiger partial charge in [-0.3, -0.25) is 14.6 Å². The Balaban J connectivity index is 1.77. The van der Waals surface area contributed by atoms with E-state index in [9.17, 15) is 4.79 Å². The lowest BCUT2D eigenvalue weighted by Crippen LogP contribution is -2.52. The highest BCUT2D eigenvalue weighted by Gasteiger charge is 2.24. The summed E-state index contributed by atoms with van der Waals surface area (Å²) < 4.78 is 0. The van der Waals surface area contributed by atoms with Crippen LogP contribution in [0.4, 0.5) is 0 Å². The molecule has 0 aromatic carbocycles. The van der Waals surface area contributed by atoms with Crippen molar-refractivity contribution in [2.24, 2.45) is 0 Å². The second-order valence-electron chi connectivity index (χ2n) is 6.84. The van der Waals surface area contributed by atoms with E-state index >= 15 is 0 Å². The molecule has 1 unspecified atom stereocenters. The molecule has 0 radical (unpaired) electrons. The summed E-state index contributed by atoms with van der Waals surface area (Å²) in [7, 11) is 0. The third kappa shape index (κ3) is 5.09. The molecule has 1 atom stereocenters. The van der Waals surface area contributed by atoms with Gasteiger partial charge >= 0.3 is 0 Å². The van der Waals surface area contributed by atoms with Crippen LogP contribution in [0.3, 0.4) is 0 Å². The van der Waals surface area contributed by atoms with Crippen molar-refractivity contribution in [1.29, 1.82) is 0 Å². The molecule has 2 heterocycles. The summed E-state index contributed by atoms with van der Waals surface area (Å²) in [6.07, 6.45) is 0. The van der Waals surface area contributed by atoms with Crippen molar-refractivity contribution in [3.8, 4) is 0 Å². The Morgan fingerprint density at radius 3 is 2.52 bits per heavy atom. The van der Waals surface area contributed by atoms with E-state index < -0.39 is 0 Å². The Bertz CT molecular complexity index is 445. The van der Waals surface area contributed by atoms with E-state index in [1.54, 1.807) is 11.3 Å². The van der Waals surface area contributed by atoms with E-state index in [0.717, 1.165) is 26.2 Å². The highest BCUT2D eigenvalue weighted by atomic mass is 32.1. The molecule has 1 saturated heterocycles. The number of carbonyl (C=O) groups excluding carboxylic acids is 1. The molecule has 2 rings (SSSR count). The van der Waals surface area contributed by atoms with Crippen molar-refractivity contribution in [2.45, 2.75) is 39.3 Å². The number of piperazine rings is 1. The van der Waals surface area contributed by atoms with E-state index in [4.69, 9.17) is 0 Å². The van der Waals surface area contributed by atoms with Gasteiger partial charge in [-0.15, -0.1) is 0 Å². The number of hydrogen-bond acceptors (Lipinski definition) is 4. The van der Waals surface area contributed by atoms with Crippen LogP contribution in [0.25, 0.3) is 0 Å². The van der Waals surface area contributed by atoms with Crippen molar-refractivity contribution in [1.82, 2.24) is 15.1 Å². The van der Waals surface area contributed by atoms with Crippen molar-refractivity contribution in [3.05, 3.63) is 22.4 Å². The fourth-order valence-electron chi connectivity index (χ4n) is 2.69. The number of nitrogens with one attached hydrogen (secondary N) is 1. The van der Waals surface area contributed by atoms with Gasteiger partial charge in [0, 0.05) is 37.8 Å². The predicted octanol–water partition coefficient (Wildman–Crippen LogP) is 2.34.